The molecule has 11 heteroatoms. The Morgan fingerprint density at radius 1 is 0.812 bits per heavy atom. The summed E-state index contributed by atoms with van der Waals surface area (Å²) in [5, 5.41) is -0.0278. The molecule has 0 aliphatic heterocycles. The van der Waals surface area contributed by atoms with Crippen molar-refractivity contribution >= 4 is 34.8 Å². The van der Waals surface area contributed by atoms with Gasteiger partial charge in [-0.05, 0) is 0 Å². The standard InChI is InChI=1S/C5HCl3O2.6H2O/c6-2-1-10-5(9)4(8)3(2)7;;;;;;/h1H;6*1H2. The first-order valence-corrected chi connectivity index (χ1v) is 3.38. The average Bonchev–Trinajstić information content (AvgIpc) is 1.93. The fourth-order valence-electron chi connectivity index (χ4n) is 0.403. The molecular formula is C5H13Cl3O8. The molecule has 0 bridgehead atoms. The Morgan fingerprint density at radius 3 is 1.50 bits per heavy atom. The van der Waals surface area contributed by atoms with Gasteiger partial charge in [-0.1, -0.05) is 34.8 Å². The highest BCUT2D eigenvalue weighted by atomic mass is 35.5. The second-order valence-electron chi connectivity index (χ2n) is 1.50. The highest BCUT2D eigenvalue weighted by molar-refractivity contribution is 6.47. The molecule has 8 nitrogen and oxygen atoms in total. The van der Waals surface area contributed by atoms with Crippen LogP contribution >= 0.6 is 34.8 Å². The molecule has 0 atom stereocenters. The first-order chi connectivity index (χ1) is 4.63. The Balaban J connectivity index is -0.0000000417. The van der Waals surface area contributed by atoms with Crippen molar-refractivity contribution in [2.24, 2.45) is 0 Å². The molecule has 12 N–H and O–H groups in total. The number of hydrogen-bond donors (Lipinski definition) is 0. The van der Waals surface area contributed by atoms with E-state index in [0.717, 1.165) is 6.26 Å². The molecule has 1 aromatic rings. The van der Waals surface area contributed by atoms with Crippen molar-refractivity contribution in [3.05, 3.63) is 31.8 Å². The Labute approximate surface area is 104 Å². The minimum absolute atomic E-state index is 0. The van der Waals surface area contributed by atoms with Crippen molar-refractivity contribution < 1.29 is 37.3 Å². The molecule has 0 saturated carbocycles. The molecule has 102 valence electrons. The average molecular weight is 308 g/mol. The van der Waals surface area contributed by atoms with E-state index in [1.165, 1.54) is 0 Å². The third kappa shape index (κ3) is 7.82. The van der Waals surface area contributed by atoms with Crippen LogP contribution in [0.2, 0.25) is 15.1 Å². The molecule has 0 aliphatic carbocycles. The predicted molar refractivity (Wildman–Crippen MR) is 61.7 cm³/mol. The quantitative estimate of drug-likeness (QED) is 0.513. The van der Waals surface area contributed by atoms with Gasteiger partial charge >= 0.3 is 5.63 Å². The van der Waals surface area contributed by atoms with E-state index in [4.69, 9.17) is 34.8 Å². The van der Waals surface area contributed by atoms with E-state index in [1.807, 2.05) is 0 Å². The molecule has 0 spiro atoms. The molecule has 0 radical (unpaired) electrons. The van der Waals surface area contributed by atoms with Crippen LogP contribution in [0, 0.1) is 0 Å². The van der Waals surface area contributed by atoms with Crippen molar-refractivity contribution in [3.63, 3.8) is 0 Å². The van der Waals surface area contributed by atoms with Gasteiger partial charge in [0, 0.05) is 0 Å². The lowest BCUT2D eigenvalue weighted by atomic mass is 10.5. The highest BCUT2D eigenvalue weighted by Gasteiger charge is 2.07. The maximum Gasteiger partial charge on any atom is 0.356 e. The summed E-state index contributed by atoms with van der Waals surface area (Å²) < 4.78 is 4.37. The highest BCUT2D eigenvalue weighted by Crippen LogP contribution is 2.25. The minimum atomic E-state index is -0.684. The molecule has 16 heavy (non-hydrogen) atoms. The topological polar surface area (TPSA) is 219 Å². The van der Waals surface area contributed by atoms with Gasteiger partial charge in [0.2, 0.25) is 0 Å². The van der Waals surface area contributed by atoms with Crippen LogP contribution in [-0.4, -0.2) is 32.9 Å². The van der Waals surface area contributed by atoms with E-state index in [0.29, 0.717) is 0 Å². The van der Waals surface area contributed by atoms with Crippen LogP contribution in [0.4, 0.5) is 0 Å². The van der Waals surface area contributed by atoms with Crippen molar-refractivity contribution in [1.82, 2.24) is 0 Å². The molecule has 1 heterocycles. The normalized spacial score (nSPS) is 6.19. The minimum Gasteiger partial charge on any atom is -0.429 e. The van der Waals surface area contributed by atoms with E-state index in [1.54, 1.807) is 0 Å². The zero-order valence-corrected chi connectivity index (χ0v) is 9.80. The lowest BCUT2D eigenvalue weighted by Gasteiger charge is -1.92. The predicted octanol–water partition coefficient (Wildman–Crippen LogP) is -2.35. The van der Waals surface area contributed by atoms with Crippen LogP contribution in [0.1, 0.15) is 0 Å². The van der Waals surface area contributed by atoms with Gasteiger partial charge in [0.05, 0.1) is 10.0 Å². The summed E-state index contributed by atoms with van der Waals surface area (Å²) in [5.74, 6) is 0. The lowest BCUT2D eigenvalue weighted by molar-refractivity contribution is 0.511. The zero-order chi connectivity index (χ0) is 7.72. The second kappa shape index (κ2) is 14.6. The van der Waals surface area contributed by atoms with Crippen LogP contribution in [-0.2, 0) is 0 Å². The second-order valence-corrected chi connectivity index (χ2v) is 2.66. The number of hydrogen-bond acceptors (Lipinski definition) is 2. The summed E-state index contributed by atoms with van der Waals surface area (Å²) in [4.78, 5) is 10.6. The van der Waals surface area contributed by atoms with Gasteiger partial charge in [0.1, 0.15) is 11.3 Å². The van der Waals surface area contributed by atoms with Gasteiger partial charge in [-0.15, -0.1) is 0 Å². The largest absolute Gasteiger partial charge is 0.429 e. The fraction of sp³-hybridized carbons (Fsp3) is 0. The Hall–Kier alpha value is -0.420. The fourth-order valence-corrected chi connectivity index (χ4v) is 0.859. The first-order valence-electron chi connectivity index (χ1n) is 2.25. The van der Waals surface area contributed by atoms with Gasteiger partial charge in [-0.25, -0.2) is 4.79 Å². The Morgan fingerprint density at radius 2 is 1.19 bits per heavy atom. The van der Waals surface area contributed by atoms with Crippen LogP contribution in [0.15, 0.2) is 15.5 Å². The summed E-state index contributed by atoms with van der Waals surface area (Å²) in [6.07, 6.45) is 1.04. The van der Waals surface area contributed by atoms with E-state index < -0.39 is 5.63 Å². The Kier molecular flexibility index (Phi) is 32.9. The van der Waals surface area contributed by atoms with Gasteiger partial charge in [-0.3, -0.25) is 0 Å². The van der Waals surface area contributed by atoms with Crippen LogP contribution < -0.4 is 5.63 Å². The van der Waals surface area contributed by atoms with Crippen LogP contribution in [0.5, 0.6) is 0 Å². The molecule has 1 aromatic heterocycles. The van der Waals surface area contributed by atoms with E-state index in [-0.39, 0.29) is 47.9 Å². The smallest absolute Gasteiger partial charge is 0.356 e. The lowest BCUT2D eigenvalue weighted by Crippen LogP contribution is -1.98. The molecule has 0 aliphatic rings. The maximum atomic E-state index is 10.6. The van der Waals surface area contributed by atoms with E-state index in [2.05, 4.69) is 4.42 Å². The van der Waals surface area contributed by atoms with Crippen molar-refractivity contribution in [2.75, 3.05) is 0 Å². The molecular weight excluding hydrogens is 294 g/mol. The molecule has 0 saturated heterocycles. The maximum absolute atomic E-state index is 10.6. The Bertz CT molecular complexity index is 313. The number of halogens is 3. The summed E-state index contributed by atoms with van der Waals surface area (Å²) in [7, 11) is 0. The van der Waals surface area contributed by atoms with Crippen molar-refractivity contribution in [1.29, 1.82) is 0 Å². The molecule has 1 rings (SSSR count). The monoisotopic (exact) mass is 306 g/mol. The summed E-state index contributed by atoms with van der Waals surface area (Å²) in [5.41, 5.74) is -0.684. The SMILES string of the molecule is O.O.O.O.O.O.O=c1occ(Cl)c(Cl)c1Cl. The summed E-state index contributed by atoms with van der Waals surface area (Å²) >= 11 is 16.3. The van der Waals surface area contributed by atoms with Gasteiger partial charge in [-0.2, -0.15) is 0 Å². The molecule has 0 fully saturated rings. The summed E-state index contributed by atoms with van der Waals surface area (Å²) in [6.45, 7) is 0. The van der Waals surface area contributed by atoms with Crippen molar-refractivity contribution in [3.8, 4) is 0 Å². The first kappa shape index (κ1) is 36.1. The van der Waals surface area contributed by atoms with Gasteiger partial charge in [0.15, 0.2) is 0 Å². The molecule has 0 unspecified atom stereocenters. The zero-order valence-electron chi connectivity index (χ0n) is 7.53. The molecule has 0 amide bonds. The van der Waals surface area contributed by atoms with E-state index in [9.17, 15) is 4.79 Å². The third-order valence-electron chi connectivity index (χ3n) is 0.851. The van der Waals surface area contributed by atoms with E-state index >= 15 is 0 Å². The van der Waals surface area contributed by atoms with Gasteiger partial charge in [0.25, 0.3) is 0 Å². The van der Waals surface area contributed by atoms with Gasteiger partial charge < -0.3 is 37.3 Å². The number of rotatable bonds is 0. The third-order valence-corrected chi connectivity index (χ3v) is 2.06. The van der Waals surface area contributed by atoms with Crippen LogP contribution in [0.3, 0.4) is 0 Å². The van der Waals surface area contributed by atoms with Crippen molar-refractivity contribution in [2.45, 2.75) is 0 Å². The summed E-state index contributed by atoms with van der Waals surface area (Å²) in [6, 6.07) is 0. The van der Waals surface area contributed by atoms with Crippen LogP contribution in [0.25, 0.3) is 0 Å². The molecule has 0 aromatic carbocycles.